The second kappa shape index (κ2) is 14.8. The highest BCUT2D eigenvalue weighted by molar-refractivity contribution is 5.98. The number of benzene rings is 3. The Bertz CT molecular complexity index is 1410. The van der Waals surface area contributed by atoms with E-state index in [1.807, 2.05) is 0 Å². The van der Waals surface area contributed by atoms with Crippen molar-refractivity contribution in [1.82, 2.24) is 5.32 Å². The summed E-state index contributed by atoms with van der Waals surface area (Å²) in [6.45, 7) is -0.801. The smallest absolute Gasteiger partial charge is 0.251 e. The topological polar surface area (TPSA) is 122 Å². The maximum Gasteiger partial charge on any atom is 0.251 e. The highest BCUT2D eigenvalue weighted by Crippen LogP contribution is 2.11. The zero-order valence-corrected chi connectivity index (χ0v) is 21.2. The first-order valence-corrected chi connectivity index (χ1v) is 12.3. The molecule has 0 bridgehead atoms. The largest absolute Gasteiger partial charge is 0.388 e. The van der Waals surface area contributed by atoms with Crippen LogP contribution in [0, 0.1) is 29.5 Å². The van der Waals surface area contributed by atoms with Crippen molar-refractivity contribution in [2.75, 3.05) is 18.5 Å². The lowest BCUT2D eigenvalue weighted by Gasteiger charge is -2.14. The number of nitrogens with one attached hydrogen (secondary N) is 2. The fourth-order valence-corrected chi connectivity index (χ4v) is 3.50. The number of anilines is 1. The average molecular weight is 526 g/mol. The van der Waals surface area contributed by atoms with Gasteiger partial charge in [0.1, 0.15) is 18.5 Å². The minimum atomic E-state index is -0.943. The van der Waals surface area contributed by atoms with E-state index >= 15 is 0 Å². The summed E-state index contributed by atoms with van der Waals surface area (Å²) in [6, 6.07) is 18.9. The van der Waals surface area contributed by atoms with Crippen molar-refractivity contribution in [3.05, 3.63) is 101 Å². The zero-order chi connectivity index (χ0) is 28.0. The lowest BCUT2D eigenvalue weighted by atomic mass is 10.1. The van der Waals surface area contributed by atoms with Crippen LogP contribution in [0.3, 0.4) is 0 Å². The number of hydrogen-bond donors (Lipinski definition) is 4. The quantitative estimate of drug-likeness (QED) is 0.303. The third kappa shape index (κ3) is 9.56. The highest BCUT2D eigenvalue weighted by atomic mass is 19.1. The number of aliphatic hydroxyl groups is 1. The van der Waals surface area contributed by atoms with Crippen LogP contribution in [0.15, 0.2) is 72.8 Å². The lowest BCUT2D eigenvalue weighted by Crippen LogP contribution is -2.46. The number of amides is 2. The van der Waals surface area contributed by atoms with Crippen molar-refractivity contribution in [1.29, 1.82) is 0 Å². The van der Waals surface area contributed by atoms with Crippen LogP contribution >= 0.6 is 0 Å². The Hall–Kier alpha value is -4.76. The molecule has 0 saturated carbocycles. The number of ketones is 1. The Morgan fingerprint density at radius 2 is 1.46 bits per heavy atom. The molecule has 198 valence electrons. The van der Waals surface area contributed by atoms with E-state index in [1.165, 1.54) is 12.1 Å². The van der Waals surface area contributed by atoms with Crippen molar-refractivity contribution >= 4 is 23.3 Å². The highest BCUT2D eigenvalue weighted by Gasteiger charge is 2.18. The van der Waals surface area contributed by atoms with Crippen LogP contribution in [0.5, 0.6) is 0 Å². The summed E-state index contributed by atoms with van der Waals surface area (Å²) in [7, 11) is 0. The number of nitrogens with two attached hydrogens (primary N) is 1. The van der Waals surface area contributed by atoms with E-state index in [2.05, 4.69) is 34.3 Å². The molecular formula is C31H28FN3O4. The van der Waals surface area contributed by atoms with Gasteiger partial charge in [-0.2, -0.15) is 0 Å². The molecule has 0 aliphatic carbocycles. The van der Waals surface area contributed by atoms with Crippen molar-refractivity contribution in [2.24, 2.45) is 5.73 Å². The Morgan fingerprint density at radius 3 is 2.03 bits per heavy atom. The van der Waals surface area contributed by atoms with Gasteiger partial charge in [-0.25, -0.2) is 4.39 Å². The number of carbonyl (C=O) groups excluding carboxylic acids is 3. The number of aliphatic hydroxyl groups excluding tert-OH is 1. The van der Waals surface area contributed by atoms with E-state index in [-0.39, 0.29) is 18.3 Å². The zero-order valence-electron chi connectivity index (χ0n) is 21.2. The van der Waals surface area contributed by atoms with E-state index in [4.69, 9.17) is 10.8 Å². The third-order valence-corrected chi connectivity index (χ3v) is 5.66. The molecule has 0 aliphatic heterocycles. The third-order valence-electron chi connectivity index (χ3n) is 5.66. The molecule has 0 spiro atoms. The number of rotatable bonds is 10. The van der Waals surface area contributed by atoms with Crippen LogP contribution < -0.4 is 16.4 Å². The summed E-state index contributed by atoms with van der Waals surface area (Å²) in [5, 5.41) is 14.3. The molecule has 0 aliphatic rings. The predicted octanol–water partition coefficient (Wildman–Crippen LogP) is 2.81. The molecule has 0 saturated heterocycles. The van der Waals surface area contributed by atoms with Crippen LogP contribution in [0.1, 0.15) is 39.9 Å². The molecule has 7 nitrogen and oxygen atoms in total. The van der Waals surface area contributed by atoms with E-state index < -0.39 is 24.3 Å². The van der Waals surface area contributed by atoms with Crippen molar-refractivity contribution in [2.45, 2.75) is 25.3 Å². The van der Waals surface area contributed by atoms with E-state index in [0.717, 1.165) is 11.1 Å². The fourth-order valence-electron chi connectivity index (χ4n) is 3.50. The summed E-state index contributed by atoms with van der Waals surface area (Å²) >= 11 is 0. The van der Waals surface area contributed by atoms with Crippen LogP contribution in [-0.4, -0.2) is 41.9 Å². The van der Waals surface area contributed by atoms with Gasteiger partial charge in [0, 0.05) is 35.3 Å². The van der Waals surface area contributed by atoms with Gasteiger partial charge in [0.15, 0.2) is 5.78 Å². The minimum Gasteiger partial charge on any atom is -0.388 e. The summed E-state index contributed by atoms with van der Waals surface area (Å²) in [6.07, 6.45) is 1.72. The normalized spacial score (nSPS) is 10.7. The van der Waals surface area contributed by atoms with Crippen molar-refractivity contribution in [3.8, 4) is 23.7 Å². The second-order valence-corrected chi connectivity index (χ2v) is 8.57. The number of carbonyl (C=O) groups is 3. The Kier molecular flexibility index (Phi) is 11.0. The van der Waals surface area contributed by atoms with E-state index in [1.54, 1.807) is 60.7 Å². The Labute approximate surface area is 226 Å². The van der Waals surface area contributed by atoms with Crippen LogP contribution in [0.4, 0.5) is 10.1 Å². The van der Waals surface area contributed by atoms with Gasteiger partial charge in [0.05, 0.1) is 0 Å². The average Bonchev–Trinajstić information content (AvgIpc) is 2.95. The van der Waals surface area contributed by atoms with Crippen molar-refractivity contribution < 1.29 is 23.9 Å². The minimum absolute atomic E-state index is 0.0943. The van der Waals surface area contributed by atoms with E-state index in [0.29, 0.717) is 36.1 Å². The van der Waals surface area contributed by atoms with Gasteiger partial charge < -0.3 is 21.5 Å². The van der Waals surface area contributed by atoms with Gasteiger partial charge in [-0.15, -0.1) is 0 Å². The van der Waals surface area contributed by atoms with Gasteiger partial charge in [-0.1, -0.05) is 24.0 Å². The monoisotopic (exact) mass is 525 g/mol. The molecule has 0 radical (unpaired) electrons. The van der Waals surface area contributed by atoms with Gasteiger partial charge in [-0.3, -0.25) is 14.4 Å². The van der Waals surface area contributed by atoms with Gasteiger partial charge >= 0.3 is 0 Å². The summed E-state index contributed by atoms with van der Waals surface area (Å²) < 4.78 is 13.0. The standard InChI is InChI=1S/C31H28FN3O4/c32-26-16-10-24(11-17-26)6-3-7-30(38)34-27-18-12-23(13-19-27)5-2-1-4-22-8-14-25(15-9-22)31(39)35-28(20-33)29(37)21-36/h8-19,28,36H,3,6-7,20-21,33H2,(H,34,38)(H,35,39)/t28-/m0/s1. The molecule has 1 atom stereocenters. The molecule has 3 rings (SSSR count). The number of Topliss-reactive ketones (excluding diaryl/α,β-unsaturated/α-hetero) is 1. The Balaban J connectivity index is 1.46. The summed E-state index contributed by atoms with van der Waals surface area (Å²) in [5.41, 5.74) is 8.84. The lowest BCUT2D eigenvalue weighted by molar-refractivity contribution is -0.123. The number of aryl methyl sites for hydroxylation is 1. The van der Waals surface area contributed by atoms with Crippen LogP contribution in [0.2, 0.25) is 0 Å². The number of hydrogen-bond acceptors (Lipinski definition) is 5. The molecule has 2 amide bonds. The van der Waals surface area contributed by atoms with Gasteiger partial charge in [0.25, 0.3) is 5.91 Å². The predicted molar refractivity (Wildman–Crippen MR) is 147 cm³/mol. The molecule has 5 N–H and O–H groups in total. The Morgan fingerprint density at radius 1 is 0.872 bits per heavy atom. The van der Waals surface area contributed by atoms with Gasteiger partial charge in [0.2, 0.25) is 5.91 Å². The molecule has 0 heterocycles. The fraction of sp³-hybridized carbons (Fsp3) is 0.194. The van der Waals surface area contributed by atoms with Crippen LogP contribution in [-0.2, 0) is 16.0 Å². The van der Waals surface area contributed by atoms with Gasteiger partial charge in [-0.05, 0) is 90.9 Å². The van der Waals surface area contributed by atoms with E-state index in [9.17, 15) is 18.8 Å². The maximum atomic E-state index is 13.0. The van der Waals surface area contributed by atoms with Crippen LogP contribution in [0.25, 0.3) is 0 Å². The summed E-state index contributed by atoms with van der Waals surface area (Å²) in [5.74, 6) is 9.96. The first-order valence-electron chi connectivity index (χ1n) is 12.3. The molecule has 0 unspecified atom stereocenters. The molecule has 0 fully saturated rings. The molecule has 3 aromatic rings. The molecule has 3 aromatic carbocycles. The number of halogens is 1. The SMILES string of the molecule is NC[C@H](NC(=O)c1ccc(C#CC#Cc2ccc(NC(=O)CCCc3ccc(F)cc3)cc2)cc1)C(=O)CO. The molecular weight excluding hydrogens is 497 g/mol. The first-order chi connectivity index (χ1) is 18.9. The molecule has 8 heteroatoms. The molecule has 39 heavy (non-hydrogen) atoms. The first kappa shape index (κ1) is 28.8. The molecule has 0 aromatic heterocycles. The summed E-state index contributed by atoms with van der Waals surface area (Å²) in [4.78, 5) is 36.0. The second-order valence-electron chi connectivity index (χ2n) is 8.57. The van der Waals surface area contributed by atoms with Crippen molar-refractivity contribution in [3.63, 3.8) is 0 Å². The maximum absolute atomic E-state index is 13.0.